The Morgan fingerprint density at radius 1 is 1.00 bits per heavy atom. The highest BCUT2D eigenvalue weighted by Crippen LogP contribution is 2.35. The summed E-state index contributed by atoms with van der Waals surface area (Å²) in [5.74, 6) is 0.410. The molecule has 1 fully saturated rings. The quantitative estimate of drug-likeness (QED) is 0.814. The van der Waals surface area contributed by atoms with Crippen LogP contribution in [0.4, 0.5) is 0 Å². The number of aromatic nitrogens is 1. The lowest BCUT2D eigenvalue weighted by Gasteiger charge is -2.22. The van der Waals surface area contributed by atoms with Crippen molar-refractivity contribution in [2.24, 2.45) is 5.92 Å². The van der Waals surface area contributed by atoms with E-state index in [0.717, 1.165) is 29.3 Å². The van der Waals surface area contributed by atoms with E-state index in [1.165, 1.54) is 25.7 Å². The Kier molecular flexibility index (Phi) is 3.79. The SMILES string of the molecule is OC(c1ccnc2ccccc12)C1CCCCCC1. The van der Waals surface area contributed by atoms with Crippen molar-refractivity contribution in [3.05, 3.63) is 42.1 Å². The topological polar surface area (TPSA) is 33.1 Å². The van der Waals surface area contributed by atoms with Crippen molar-refractivity contribution >= 4 is 10.9 Å². The Morgan fingerprint density at radius 2 is 1.74 bits per heavy atom. The Labute approximate surface area is 114 Å². The van der Waals surface area contributed by atoms with Gasteiger partial charge in [-0.1, -0.05) is 43.9 Å². The summed E-state index contributed by atoms with van der Waals surface area (Å²) >= 11 is 0. The fraction of sp³-hybridized carbons (Fsp3) is 0.471. The number of rotatable bonds is 2. The van der Waals surface area contributed by atoms with Crippen LogP contribution in [0.5, 0.6) is 0 Å². The summed E-state index contributed by atoms with van der Waals surface area (Å²) in [4.78, 5) is 4.38. The summed E-state index contributed by atoms with van der Waals surface area (Å²) in [5.41, 5.74) is 2.03. The van der Waals surface area contributed by atoms with Gasteiger partial charge in [-0.2, -0.15) is 0 Å². The zero-order valence-electron chi connectivity index (χ0n) is 11.3. The van der Waals surface area contributed by atoms with Crippen LogP contribution in [0.2, 0.25) is 0 Å². The van der Waals surface area contributed by atoms with Crippen LogP contribution in [0.15, 0.2) is 36.5 Å². The van der Waals surface area contributed by atoms with Crippen molar-refractivity contribution in [2.45, 2.75) is 44.6 Å². The number of aliphatic hydroxyl groups excluding tert-OH is 1. The van der Waals surface area contributed by atoms with Gasteiger partial charge in [0.2, 0.25) is 0 Å². The van der Waals surface area contributed by atoms with Gasteiger partial charge in [0.15, 0.2) is 0 Å². The van der Waals surface area contributed by atoms with E-state index in [2.05, 4.69) is 11.1 Å². The summed E-state index contributed by atoms with van der Waals surface area (Å²) in [6, 6.07) is 10.1. The number of nitrogens with zero attached hydrogens (tertiary/aromatic N) is 1. The van der Waals surface area contributed by atoms with Crippen LogP contribution in [0.25, 0.3) is 10.9 Å². The van der Waals surface area contributed by atoms with Crippen LogP contribution < -0.4 is 0 Å². The molecule has 1 aromatic carbocycles. The molecule has 1 N–H and O–H groups in total. The molecule has 1 aromatic heterocycles. The standard InChI is InChI=1S/C17H21NO/c19-17(13-7-3-1-2-4-8-13)15-11-12-18-16-10-6-5-9-14(15)16/h5-6,9-13,17,19H,1-4,7-8H2. The van der Waals surface area contributed by atoms with E-state index in [1.807, 2.05) is 30.5 Å². The van der Waals surface area contributed by atoms with Gasteiger partial charge >= 0.3 is 0 Å². The summed E-state index contributed by atoms with van der Waals surface area (Å²) in [6.07, 6.45) is 8.93. The lowest BCUT2D eigenvalue weighted by Crippen LogP contribution is -2.12. The van der Waals surface area contributed by atoms with Gasteiger partial charge in [-0.05, 0) is 36.5 Å². The monoisotopic (exact) mass is 255 g/mol. The summed E-state index contributed by atoms with van der Waals surface area (Å²) < 4.78 is 0. The van der Waals surface area contributed by atoms with Crippen molar-refractivity contribution in [2.75, 3.05) is 0 Å². The first-order valence-corrected chi connectivity index (χ1v) is 7.38. The van der Waals surface area contributed by atoms with Crippen LogP contribution in [-0.2, 0) is 0 Å². The molecule has 1 atom stereocenters. The molecule has 1 saturated carbocycles. The maximum atomic E-state index is 10.7. The second kappa shape index (κ2) is 5.70. The van der Waals surface area contributed by atoms with Crippen LogP contribution in [0.3, 0.4) is 0 Å². The van der Waals surface area contributed by atoms with Crippen LogP contribution in [0.1, 0.15) is 50.2 Å². The molecule has 3 rings (SSSR count). The van der Waals surface area contributed by atoms with Crippen molar-refractivity contribution in [1.29, 1.82) is 0 Å². The third-order valence-corrected chi connectivity index (χ3v) is 4.35. The number of para-hydroxylation sites is 1. The first-order valence-electron chi connectivity index (χ1n) is 7.38. The highest BCUT2D eigenvalue weighted by Gasteiger charge is 2.23. The van der Waals surface area contributed by atoms with Gasteiger partial charge in [0.25, 0.3) is 0 Å². The molecule has 1 aliphatic rings. The van der Waals surface area contributed by atoms with E-state index in [1.54, 1.807) is 0 Å². The maximum Gasteiger partial charge on any atom is 0.0825 e. The molecule has 0 amide bonds. The molecule has 1 aliphatic carbocycles. The molecule has 0 saturated heterocycles. The number of hydrogen-bond acceptors (Lipinski definition) is 2. The Balaban J connectivity index is 1.94. The minimum atomic E-state index is -0.342. The molecule has 1 unspecified atom stereocenters. The van der Waals surface area contributed by atoms with E-state index in [4.69, 9.17) is 0 Å². The third kappa shape index (κ3) is 2.64. The zero-order chi connectivity index (χ0) is 13.1. The Bertz CT molecular complexity index is 538. The minimum Gasteiger partial charge on any atom is -0.388 e. The molecule has 19 heavy (non-hydrogen) atoms. The largest absolute Gasteiger partial charge is 0.388 e. The van der Waals surface area contributed by atoms with Gasteiger partial charge in [-0.25, -0.2) is 0 Å². The van der Waals surface area contributed by atoms with Gasteiger partial charge in [0.1, 0.15) is 0 Å². The van der Waals surface area contributed by atoms with Gasteiger partial charge in [0.05, 0.1) is 11.6 Å². The van der Waals surface area contributed by atoms with Crippen molar-refractivity contribution in [3.63, 3.8) is 0 Å². The molecule has 2 nitrogen and oxygen atoms in total. The van der Waals surface area contributed by atoms with Crippen molar-refractivity contribution in [1.82, 2.24) is 4.98 Å². The average Bonchev–Trinajstić information content (AvgIpc) is 2.75. The number of hydrogen-bond donors (Lipinski definition) is 1. The summed E-state index contributed by atoms with van der Waals surface area (Å²) in [6.45, 7) is 0. The molecular weight excluding hydrogens is 234 g/mol. The summed E-state index contributed by atoms with van der Waals surface area (Å²) in [5, 5.41) is 11.8. The predicted octanol–water partition coefficient (Wildman–Crippen LogP) is 4.24. The molecule has 0 radical (unpaired) electrons. The van der Waals surface area contributed by atoms with E-state index in [0.29, 0.717) is 5.92 Å². The smallest absolute Gasteiger partial charge is 0.0825 e. The number of benzene rings is 1. The maximum absolute atomic E-state index is 10.7. The highest BCUT2D eigenvalue weighted by atomic mass is 16.3. The lowest BCUT2D eigenvalue weighted by molar-refractivity contribution is 0.100. The Morgan fingerprint density at radius 3 is 2.53 bits per heavy atom. The fourth-order valence-corrected chi connectivity index (χ4v) is 3.26. The van der Waals surface area contributed by atoms with E-state index >= 15 is 0 Å². The van der Waals surface area contributed by atoms with Crippen LogP contribution >= 0.6 is 0 Å². The first-order chi connectivity index (χ1) is 9.36. The molecule has 0 bridgehead atoms. The highest BCUT2D eigenvalue weighted by molar-refractivity contribution is 5.82. The van der Waals surface area contributed by atoms with Crippen LogP contribution in [-0.4, -0.2) is 10.1 Å². The molecule has 2 aromatic rings. The number of fused-ring (bicyclic) bond motifs is 1. The Hall–Kier alpha value is -1.41. The second-order valence-corrected chi connectivity index (χ2v) is 5.61. The average molecular weight is 255 g/mol. The predicted molar refractivity (Wildman–Crippen MR) is 77.9 cm³/mol. The molecule has 100 valence electrons. The zero-order valence-corrected chi connectivity index (χ0v) is 11.3. The molecule has 0 aliphatic heterocycles. The summed E-state index contributed by atoms with van der Waals surface area (Å²) in [7, 11) is 0. The normalized spacial score (nSPS) is 19.2. The molecule has 2 heteroatoms. The van der Waals surface area contributed by atoms with Gasteiger partial charge in [-0.15, -0.1) is 0 Å². The third-order valence-electron chi connectivity index (χ3n) is 4.35. The van der Waals surface area contributed by atoms with Gasteiger partial charge in [0, 0.05) is 11.6 Å². The second-order valence-electron chi connectivity index (χ2n) is 5.61. The molecule has 1 heterocycles. The fourth-order valence-electron chi connectivity index (χ4n) is 3.26. The van der Waals surface area contributed by atoms with Crippen molar-refractivity contribution < 1.29 is 5.11 Å². The van der Waals surface area contributed by atoms with Crippen molar-refractivity contribution in [3.8, 4) is 0 Å². The lowest BCUT2D eigenvalue weighted by atomic mass is 9.88. The van der Waals surface area contributed by atoms with E-state index in [-0.39, 0.29) is 6.10 Å². The van der Waals surface area contributed by atoms with Crippen LogP contribution in [0, 0.1) is 5.92 Å². The van der Waals surface area contributed by atoms with E-state index < -0.39 is 0 Å². The van der Waals surface area contributed by atoms with Gasteiger partial charge < -0.3 is 5.11 Å². The molecule has 0 spiro atoms. The number of pyridine rings is 1. The van der Waals surface area contributed by atoms with E-state index in [9.17, 15) is 5.11 Å². The minimum absolute atomic E-state index is 0.342. The molecular formula is C17H21NO. The first kappa shape index (κ1) is 12.6. The van der Waals surface area contributed by atoms with Gasteiger partial charge in [-0.3, -0.25) is 4.98 Å². The number of aliphatic hydroxyl groups is 1.